The number of hydrogen-bond acceptors (Lipinski definition) is 3. The molecule has 0 fully saturated rings. The Hall–Kier alpha value is -1.60. The van der Waals surface area contributed by atoms with E-state index in [9.17, 15) is 13.2 Å². The third-order valence-corrected chi connectivity index (χ3v) is 4.07. The van der Waals surface area contributed by atoms with Crippen molar-refractivity contribution in [3.63, 3.8) is 0 Å². The van der Waals surface area contributed by atoms with Gasteiger partial charge in [0.05, 0.1) is 15.9 Å². The average molecular weight is 359 g/mol. The van der Waals surface area contributed by atoms with Crippen LogP contribution >= 0.6 is 27.3 Å². The van der Waals surface area contributed by atoms with Crippen molar-refractivity contribution in [1.29, 1.82) is 0 Å². The summed E-state index contributed by atoms with van der Waals surface area (Å²) in [6.45, 7) is 0. The van der Waals surface area contributed by atoms with Gasteiger partial charge in [0.2, 0.25) is 0 Å². The number of halogens is 4. The third-order valence-electron chi connectivity index (χ3n) is 2.58. The number of benzene rings is 2. The molecule has 0 bridgehead atoms. The van der Waals surface area contributed by atoms with E-state index in [1.54, 1.807) is 6.07 Å². The van der Waals surface area contributed by atoms with Crippen LogP contribution in [0.2, 0.25) is 0 Å². The number of aromatic nitrogens is 1. The van der Waals surface area contributed by atoms with Crippen molar-refractivity contribution < 1.29 is 13.2 Å². The number of rotatable bonds is 2. The first-order valence-electron chi connectivity index (χ1n) is 5.50. The lowest BCUT2D eigenvalue weighted by Gasteiger charge is -2.03. The van der Waals surface area contributed by atoms with E-state index in [-0.39, 0.29) is 15.9 Å². The summed E-state index contributed by atoms with van der Waals surface area (Å²) in [6.07, 6.45) is 0. The molecule has 7 heteroatoms. The van der Waals surface area contributed by atoms with Crippen LogP contribution < -0.4 is 5.32 Å². The van der Waals surface area contributed by atoms with Crippen molar-refractivity contribution >= 4 is 48.3 Å². The van der Waals surface area contributed by atoms with Gasteiger partial charge in [-0.3, -0.25) is 0 Å². The van der Waals surface area contributed by atoms with Crippen LogP contribution in [0.1, 0.15) is 0 Å². The molecule has 1 aromatic heterocycles. The van der Waals surface area contributed by atoms with Crippen LogP contribution in [-0.4, -0.2) is 4.98 Å². The summed E-state index contributed by atoms with van der Waals surface area (Å²) < 4.78 is 41.2. The van der Waals surface area contributed by atoms with Gasteiger partial charge in [0.25, 0.3) is 0 Å². The molecular weight excluding hydrogens is 353 g/mol. The van der Waals surface area contributed by atoms with Crippen molar-refractivity contribution in [3.05, 3.63) is 52.3 Å². The highest BCUT2D eigenvalue weighted by molar-refractivity contribution is 9.10. The zero-order chi connectivity index (χ0) is 14.3. The van der Waals surface area contributed by atoms with Gasteiger partial charge in [-0.2, -0.15) is 0 Å². The van der Waals surface area contributed by atoms with Crippen molar-refractivity contribution in [1.82, 2.24) is 4.98 Å². The fourth-order valence-electron chi connectivity index (χ4n) is 1.72. The first kappa shape index (κ1) is 13.4. The third kappa shape index (κ3) is 2.51. The van der Waals surface area contributed by atoms with E-state index in [2.05, 4.69) is 26.2 Å². The Morgan fingerprint density at radius 2 is 1.85 bits per heavy atom. The number of nitrogens with zero attached hydrogens (tertiary/aromatic N) is 1. The Bertz CT molecular complexity index is 804. The first-order valence-corrected chi connectivity index (χ1v) is 7.11. The maximum absolute atomic E-state index is 13.7. The van der Waals surface area contributed by atoms with Crippen molar-refractivity contribution in [2.75, 3.05) is 5.32 Å². The molecule has 0 aliphatic rings. The summed E-state index contributed by atoms with van der Waals surface area (Å²) in [5.41, 5.74) is 0.417. The monoisotopic (exact) mass is 358 g/mol. The molecule has 0 unspecified atom stereocenters. The maximum atomic E-state index is 13.7. The average Bonchev–Trinajstić information content (AvgIpc) is 2.75. The molecule has 1 N–H and O–H groups in total. The second-order valence-electron chi connectivity index (χ2n) is 4.00. The van der Waals surface area contributed by atoms with Gasteiger partial charge >= 0.3 is 0 Å². The minimum atomic E-state index is -0.693. The second-order valence-corrected chi connectivity index (χ2v) is 5.92. The highest BCUT2D eigenvalue weighted by Gasteiger charge is 2.12. The van der Waals surface area contributed by atoms with Gasteiger partial charge in [-0.1, -0.05) is 27.3 Å². The largest absolute Gasteiger partial charge is 0.329 e. The van der Waals surface area contributed by atoms with E-state index in [1.807, 2.05) is 0 Å². The van der Waals surface area contributed by atoms with Gasteiger partial charge in [-0.25, -0.2) is 18.2 Å². The standard InChI is InChI=1S/C13H6BrF3N2S/c14-6-1-2-10(8(16)3-6)18-13-19-11-5-7(15)4-9(17)12(11)20-13/h1-5H,(H,18,19). The fraction of sp³-hybridized carbons (Fsp3) is 0. The topological polar surface area (TPSA) is 24.9 Å². The predicted molar refractivity (Wildman–Crippen MR) is 76.9 cm³/mol. The molecule has 0 saturated heterocycles. The highest BCUT2D eigenvalue weighted by atomic mass is 79.9. The molecule has 0 aliphatic carbocycles. The molecule has 3 rings (SSSR count). The zero-order valence-corrected chi connectivity index (χ0v) is 12.2. The van der Waals surface area contributed by atoms with Gasteiger partial charge in [-0.05, 0) is 18.2 Å². The summed E-state index contributed by atoms with van der Waals surface area (Å²) in [4.78, 5) is 4.04. The van der Waals surface area contributed by atoms with E-state index in [4.69, 9.17) is 0 Å². The van der Waals surface area contributed by atoms with Gasteiger partial charge in [0.15, 0.2) is 5.13 Å². The number of fused-ring (bicyclic) bond motifs is 1. The lowest BCUT2D eigenvalue weighted by molar-refractivity contribution is 0.593. The Balaban J connectivity index is 2.01. The number of anilines is 2. The smallest absolute Gasteiger partial charge is 0.188 e. The summed E-state index contributed by atoms with van der Waals surface area (Å²) in [5, 5.41) is 3.05. The highest BCUT2D eigenvalue weighted by Crippen LogP contribution is 2.32. The lowest BCUT2D eigenvalue weighted by Crippen LogP contribution is -1.92. The fourth-order valence-corrected chi connectivity index (χ4v) is 2.92. The van der Waals surface area contributed by atoms with Crippen LogP contribution in [0, 0.1) is 17.5 Å². The Kier molecular flexibility index (Phi) is 3.39. The number of hydrogen-bond donors (Lipinski definition) is 1. The van der Waals surface area contributed by atoms with Crippen molar-refractivity contribution in [3.8, 4) is 0 Å². The van der Waals surface area contributed by atoms with Crippen LogP contribution in [0.5, 0.6) is 0 Å². The molecular formula is C13H6BrF3N2S. The minimum Gasteiger partial charge on any atom is -0.329 e. The van der Waals surface area contributed by atoms with E-state index in [0.717, 1.165) is 23.5 Å². The molecule has 0 amide bonds. The summed E-state index contributed by atoms with van der Waals surface area (Å²) in [7, 11) is 0. The van der Waals surface area contributed by atoms with Crippen molar-refractivity contribution in [2.24, 2.45) is 0 Å². The van der Waals surface area contributed by atoms with Crippen LogP contribution in [-0.2, 0) is 0 Å². The lowest BCUT2D eigenvalue weighted by atomic mass is 10.3. The van der Waals surface area contributed by atoms with Gasteiger partial charge < -0.3 is 5.32 Å². The molecule has 0 saturated carbocycles. The molecule has 2 aromatic carbocycles. The predicted octanol–water partition coefficient (Wildman–Crippen LogP) is 5.22. The van der Waals surface area contributed by atoms with Crippen molar-refractivity contribution in [2.45, 2.75) is 0 Å². The van der Waals surface area contributed by atoms with E-state index < -0.39 is 17.5 Å². The molecule has 0 spiro atoms. The SMILES string of the molecule is Fc1cc(F)c2sc(Nc3ccc(Br)cc3F)nc2c1. The van der Waals surface area contributed by atoms with Gasteiger partial charge in [0, 0.05) is 16.6 Å². The van der Waals surface area contributed by atoms with E-state index in [0.29, 0.717) is 9.60 Å². The maximum Gasteiger partial charge on any atom is 0.188 e. The minimum absolute atomic E-state index is 0.201. The van der Waals surface area contributed by atoms with Gasteiger partial charge in [0.1, 0.15) is 17.5 Å². The zero-order valence-electron chi connectivity index (χ0n) is 9.75. The Morgan fingerprint density at radius 1 is 1.05 bits per heavy atom. The number of nitrogens with one attached hydrogen (secondary N) is 1. The van der Waals surface area contributed by atoms with Gasteiger partial charge in [-0.15, -0.1) is 0 Å². The quantitative estimate of drug-likeness (QED) is 0.679. The Morgan fingerprint density at radius 3 is 2.60 bits per heavy atom. The molecule has 3 aromatic rings. The molecule has 20 heavy (non-hydrogen) atoms. The molecule has 0 aliphatic heterocycles. The summed E-state index contributed by atoms with van der Waals surface area (Å²) in [6, 6.07) is 6.43. The molecule has 2 nitrogen and oxygen atoms in total. The molecule has 102 valence electrons. The van der Waals surface area contributed by atoms with Crippen LogP contribution in [0.3, 0.4) is 0 Å². The van der Waals surface area contributed by atoms with E-state index >= 15 is 0 Å². The second kappa shape index (κ2) is 5.06. The Labute approximate surface area is 124 Å². The summed E-state index contributed by atoms with van der Waals surface area (Å²) in [5.74, 6) is -1.84. The molecule has 0 radical (unpaired) electrons. The normalized spacial score (nSPS) is 11.0. The molecule has 1 heterocycles. The summed E-state index contributed by atoms with van der Waals surface area (Å²) >= 11 is 4.15. The van der Waals surface area contributed by atoms with Crippen LogP contribution in [0.25, 0.3) is 10.2 Å². The van der Waals surface area contributed by atoms with Crippen LogP contribution in [0.4, 0.5) is 24.0 Å². The van der Waals surface area contributed by atoms with E-state index in [1.165, 1.54) is 12.1 Å². The van der Waals surface area contributed by atoms with Crippen LogP contribution in [0.15, 0.2) is 34.8 Å². The molecule has 0 atom stereocenters. The first-order chi connectivity index (χ1) is 9.52. The number of thiazole rings is 1.